The average molecular weight is 428 g/mol. The number of carboxylic acid groups (broad SMARTS) is 1. The fourth-order valence-electron chi connectivity index (χ4n) is 3.28. The van der Waals surface area contributed by atoms with Crippen LogP contribution in [0.25, 0.3) is 10.9 Å². The van der Waals surface area contributed by atoms with Gasteiger partial charge in [0, 0.05) is 5.56 Å². The lowest BCUT2D eigenvalue weighted by atomic mass is 10.1. The number of hydrogen-bond donors (Lipinski definition) is 2. The molecule has 1 heterocycles. The Morgan fingerprint density at radius 1 is 1.06 bits per heavy atom. The van der Waals surface area contributed by atoms with E-state index in [2.05, 4.69) is 15.4 Å². The van der Waals surface area contributed by atoms with E-state index in [4.69, 9.17) is 4.74 Å². The van der Waals surface area contributed by atoms with Crippen molar-refractivity contribution in [3.63, 3.8) is 0 Å². The first kappa shape index (κ1) is 20.8. The maximum atomic E-state index is 13.2. The first-order valence-electron chi connectivity index (χ1n) is 9.79. The minimum absolute atomic E-state index is 0.0374. The van der Waals surface area contributed by atoms with Crippen LogP contribution < -0.4 is 15.7 Å². The van der Waals surface area contributed by atoms with Gasteiger partial charge in [-0.2, -0.15) is 0 Å². The quantitative estimate of drug-likeness (QED) is 0.371. The van der Waals surface area contributed by atoms with Gasteiger partial charge in [-0.3, -0.25) is 10.2 Å². The summed E-state index contributed by atoms with van der Waals surface area (Å²) in [5.41, 5.74) is 4.20. The molecule has 0 radical (unpaired) electrons. The third-order valence-electron chi connectivity index (χ3n) is 4.87. The van der Waals surface area contributed by atoms with Crippen molar-refractivity contribution in [3.8, 4) is 5.75 Å². The number of aryl methyl sites for hydroxylation is 1. The fourth-order valence-corrected chi connectivity index (χ4v) is 3.28. The lowest BCUT2D eigenvalue weighted by Crippen LogP contribution is -2.36. The van der Waals surface area contributed by atoms with Crippen LogP contribution >= 0.6 is 0 Å². The number of ether oxygens (including phenoxy) is 1. The van der Waals surface area contributed by atoms with E-state index in [9.17, 15) is 14.7 Å². The molecule has 0 aliphatic carbocycles. The molecule has 0 fully saturated rings. The molecule has 0 saturated carbocycles. The number of aliphatic imine (C=N–C) groups is 1. The molecule has 4 rings (SSSR count). The van der Waals surface area contributed by atoms with Crippen LogP contribution in [0.5, 0.6) is 5.75 Å². The van der Waals surface area contributed by atoms with Gasteiger partial charge in [0.2, 0.25) is 0 Å². The summed E-state index contributed by atoms with van der Waals surface area (Å²) in [7, 11) is 1.55. The van der Waals surface area contributed by atoms with Crippen molar-refractivity contribution in [1.29, 1.82) is 0 Å². The van der Waals surface area contributed by atoms with Gasteiger partial charge in [0.1, 0.15) is 11.6 Å². The largest absolute Gasteiger partial charge is 0.497 e. The minimum atomic E-state index is -1.10. The molecule has 0 unspecified atom stereocenters. The number of para-hydroxylation sites is 2. The van der Waals surface area contributed by atoms with Crippen LogP contribution in [-0.4, -0.2) is 33.7 Å². The number of aromatic nitrogens is 2. The summed E-state index contributed by atoms with van der Waals surface area (Å²) < 4.78 is 6.61. The summed E-state index contributed by atoms with van der Waals surface area (Å²) in [6.07, 6.45) is 0. The number of hydrogen-bond acceptors (Lipinski definition) is 5. The summed E-state index contributed by atoms with van der Waals surface area (Å²) >= 11 is 0. The molecule has 1 aromatic heterocycles. The van der Waals surface area contributed by atoms with E-state index in [0.717, 1.165) is 0 Å². The highest BCUT2D eigenvalue weighted by molar-refractivity contribution is 6.07. The zero-order chi connectivity index (χ0) is 22.7. The molecule has 0 bridgehead atoms. The number of carboxylic acids is 1. The Labute approximate surface area is 183 Å². The number of fused-ring (bicyclic) bond motifs is 1. The minimum Gasteiger partial charge on any atom is -0.497 e. The molecular formula is C24H20N4O4. The summed E-state index contributed by atoms with van der Waals surface area (Å²) in [5, 5.41) is 10.00. The zero-order valence-electron chi connectivity index (χ0n) is 17.4. The van der Waals surface area contributed by atoms with Gasteiger partial charge in [-0.05, 0) is 43.3 Å². The standard InChI is InChI=1S/C24H20N4O4/c1-15-25-20-12-5-3-10-18(20)23(29)28(15)27-22(16-8-7-9-17(14-16)32-2)26-21-13-6-4-11-19(21)24(30)31/h3-14H,1-2H3,(H,26,27)(H,30,31). The second-order valence-corrected chi connectivity index (χ2v) is 6.94. The third-order valence-corrected chi connectivity index (χ3v) is 4.87. The Morgan fingerprint density at radius 2 is 1.81 bits per heavy atom. The average Bonchev–Trinajstić information content (AvgIpc) is 2.81. The van der Waals surface area contributed by atoms with Gasteiger partial charge < -0.3 is 9.84 Å². The first-order chi connectivity index (χ1) is 15.5. The number of aromatic carboxylic acids is 1. The van der Waals surface area contributed by atoms with Gasteiger partial charge in [0.25, 0.3) is 5.56 Å². The Kier molecular flexibility index (Phi) is 5.67. The molecule has 0 atom stereocenters. The van der Waals surface area contributed by atoms with Crippen molar-refractivity contribution >= 4 is 28.4 Å². The molecule has 0 amide bonds. The highest BCUT2D eigenvalue weighted by atomic mass is 16.5. The Morgan fingerprint density at radius 3 is 2.59 bits per heavy atom. The Bertz CT molecular complexity index is 1410. The molecule has 8 heteroatoms. The maximum Gasteiger partial charge on any atom is 0.337 e. The third kappa shape index (κ3) is 4.06. The molecule has 160 valence electrons. The van der Waals surface area contributed by atoms with Gasteiger partial charge in [-0.25, -0.2) is 19.4 Å². The summed E-state index contributed by atoms with van der Waals surface area (Å²) in [5.74, 6) is 0.176. The van der Waals surface area contributed by atoms with Gasteiger partial charge in [0.05, 0.1) is 29.3 Å². The molecule has 4 aromatic rings. The number of nitrogens with zero attached hydrogens (tertiary/aromatic N) is 3. The number of amidine groups is 1. The molecule has 0 aliphatic rings. The summed E-state index contributed by atoms with van der Waals surface area (Å²) in [4.78, 5) is 33.9. The summed E-state index contributed by atoms with van der Waals surface area (Å²) in [6.45, 7) is 1.70. The molecule has 0 aliphatic heterocycles. The Hall–Kier alpha value is -4.46. The van der Waals surface area contributed by atoms with E-state index in [-0.39, 0.29) is 22.6 Å². The number of carbonyl (C=O) groups is 1. The van der Waals surface area contributed by atoms with Gasteiger partial charge >= 0.3 is 5.97 Å². The fraction of sp³-hybridized carbons (Fsp3) is 0.0833. The van der Waals surface area contributed by atoms with Crippen LogP contribution in [0.3, 0.4) is 0 Å². The maximum absolute atomic E-state index is 13.2. The lowest BCUT2D eigenvalue weighted by molar-refractivity contribution is 0.0698. The number of methoxy groups -OCH3 is 1. The molecule has 0 saturated heterocycles. The van der Waals surface area contributed by atoms with Crippen molar-refractivity contribution < 1.29 is 14.6 Å². The van der Waals surface area contributed by atoms with E-state index in [1.165, 1.54) is 10.7 Å². The first-order valence-corrected chi connectivity index (χ1v) is 9.79. The van der Waals surface area contributed by atoms with E-state index < -0.39 is 5.97 Å². The molecule has 3 aromatic carbocycles. The second-order valence-electron chi connectivity index (χ2n) is 6.94. The highest BCUT2D eigenvalue weighted by Gasteiger charge is 2.14. The second kappa shape index (κ2) is 8.73. The van der Waals surface area contributed by atoms with E-state index in [1.54, 1.807) is 74.7 Å². The van der Waals surface area contributed by atoms with Crippen LogP contribution in [0, 0.1) is 6.92 Å². The van der Waals surface area contributed by atoms with Crippen LogP contribution in [0.4, 0.5) is 5.69 Å². The molecular weight excluding hydrogens is 408 g/mol. The Balaban J connectivity index is 1.91. The smallest absolute Gasteiger partial charge is 0.337 e. The van der Waals surface area contributed by atoms with Crippen molar-refractivity contribution in [2.75, 3.05) is 12.5 Å². The summed E-state index contributed by atoms with van der Waals surface area (Å²) in [6, 6.07) is 20.5. The number of nitrogens with one attached hydrogen (secondary N) is 1. The predicted octanol–water partition coefficient (Wildman–Crippen LogP) is 3.73. The van der Waals surface area contributed by atoms with Crippen LogP contribution in [0.1, 0.15) is 21.7 Å². The van der Waals surface area contributed by atoms with Gasteiger partial charge in [0.15, 0.2) is 5.84 Å². The van der Waals surface area contributed by atoms with E-state index in [0.29, 0.717) is 28.0 Å². The van der Waals surface area contributed by atoms with Crippen molar-refractivity contribution in [1.82, 2.24) is 9.66 Å². The van der Waals surface area contributed by atoms with Crippen molar-refractivity contribution in [2.24, 2.45) is 4.99 Å². The van der Waals surface area contributed by atoms with Crippen LogP contribution in [0.15, 0.2) is 82.6 Å². The lowest BCUT2D eigenvalue weighted by Gasteiger charge is -2.16. The van der Waals surface area contributed by atoms with Crippen molar-refractivity contribution in [3.05, 3.63) is 100 Å². The van der Waals surface area contributed by atoms with Crippen LogP contribution in [-0.2, 0) is 0 Å². The molecule has 8 nitrogen and oxygen atoms in total. The molecule has 0 spiro atoms. The number of benzene rings is 3. The highest BCUT2D eigenvalue weighted by Crippen LogP contribution is 2.21. The topological polar surface area (TPSA) is 106 Å². The molecule has 2 N–H and O–H groups in total. The monoisotopic (exact) mass is 428 g/mol. The van der Waals surface area contributed by atoms with Crippen LogP contribution in [0.2, 0.25) is 0 Å². The van der Waals surface area contributed by atoms with E-state index >= 15 is 0 Å². The zero-order valence-corrected chi connectivity index (χ0v) is 17.4. The van der Waals surface area contributed by atoms with Crippen molar-refractivity contribution in [2.45, 2.75) is 6.92 Å². The number of rotatable bonds is 5. The SMILES string of the molecule is COc1cccc(C(=Nc2ccccc2C(=O)O)Nn2c(C)nc3ccccc3c2=O)c1. The van der Waals surface area contributed by atoms with Gasteiger partial charge in [-0.1, -0.05) is 36.4 Å². The van der Waals surface area contributed by atoms with E-state index in [1.807, 2.05) is 6.07 Å². The normalized spacial score (nSPS) is 11.4. The molecule has 32 heavy (non-hydrogen) atoms. The van der Waals surface area contributed by atoms with Gasteiger partial charge in [-0.15, -0.1) is 0 Å². The predicted molar refractivity (Wildman–Crippen MR) is 123 cm³/mol.